The zero-order valence-electron chi connectivity index (χ0n) is 18.0. The molecule has 0 spiro atoms. The van der Waals surface area contributed by atoms with Gasteiger partial charge in [0, 0.05) is 43.5 Å². The number of anilines is 1. The largest absolute Gasteiger partial charge is 0.508 e. The van der Waals surface area contributed by atoms with Gasteiger partial charge in [-0.15, -0.1) is 0 Å². The van der Waals surface area contributed by atoms with Crippen LogP contribution in [0.4, 0.5) is 5.82 Å². The number of carbonyl (C=O) groups is 1. The van der Waals surface area contributed by atoms with E-state index in [-0.39, 0.29) is 23.7 Å². The predicted molar refractivity (Wildman–Crippen MR) is 123 cm³/mol. The molecule has 0 bridgehead atoms. The van der Waals surface area contributed by atoms with Crippen molar-refractivity contribution in [1.29, 1.82) is 0 Å². The first-order valence-electron chi connectivity index (χ1n) is 11.1. The van der Waals surface area contributed by atoms with E-state index in [4.69, 9.17) is 27.4 Å². The second-order valence-electron chi connectivity index (χ2n) is 8.79. The van der Waals surface area contributed by atoms with Crippen molar-refractivity contribution >= 4 is 29.0 Å². The van der Waals surface area contributed by atoms with Crippen molar-refractivity contribution in [2.45, 2.75) is 44.7 Å². The molecule has 1 aromatic carbocycles. The number of phenols is 1. The molecule has 8 nitrogen and oxygen atoms in total. The van der Waals surface area contributed by atoms with Gasteiger partial charge in [0.1, 0.15) is 11.6 Å². The van der Waals surface area contributed by atoms with Gasteiger partial charge in [0.15, 0.2) is 5.65 Å². The first kappa shape index (κ1) is 21.0. The van der Waals surface area contributed by atoms with E-state index in [0.717, 1.165) is 61.5 Å². The molecule has 0 saturated carbocycles. The SMILES string of the molecule is Cc1cn2nc([C@@H]3CCCCN3C(=O)c3cc(O)ccc3Cl)cc2nc1N1CC[C@H](N)C1. The molecule has 2 saturated heterocycles. The summed E-state index contributed by atoms with van der Waals surface area (Å²) in [6.45, 7) is 4.36. The molecule has 32 heavy (non-hydrogen) atoms. The van der Waals surface area contributed by atoms with Gasteiger partial charge in [-0.2, -0.15) is 5.10 Å². The van der Waals surface area contributed by atoms with Gasteiger partial charge in [-0.3, -0.25) is 4.79 Å². The van der Waals surface area contributed by atoms with Gasteiger partial charge in [-0.1, -0.05) is 11.6 Å². The smallest absolute Gasteiger partial charge is 0.256 e. The molecule has 168 valence electrons. The fourth-order valence-corrected chi connectivity index (χ4v) is 4.99. The van der Waals surface area contributed by atoms with Crippen molar-refractivity contribution in [2.75, 3.05) is 24.5 Å². The Morgan fingerprint density at radius 2 is 2.06 bits per heavy atom. The Morgan fingerprint density at radius 1 is 1.22 bits per heavy atom. The number of amides is 1. The highest BCUT2D eigenvalue weighted by atomic mass is 35.5. The fraction of sp³-hybridized carbons (Fsp3) is 0.435. The number of nitrogens with two attached hydrogens (primary N) is 1. The summed E-state index contributed by atoms with van der Waals surface area (Å²) in [4.78, 5) is 22.3. The van der Waals surface area contributed by atoms with Gasteiger partial charge < -0.3 is 20.6 Å². The molecule has 2 atom stereocenters. The van der Waals surface area contributed by atoms with E-state index in [2.05, 4.69) is 4.90 Å². The zero-order chi connectivity index (χ0) is 22.4. The second-order valence-corrected chi connectivity index (χ2v) is 9.20. The highest BCUT2D eigenvalue weighted by Crippen LogP contribution is 2.34. The number of hydrogen-bond donors (Lipinski definition) is 2. The number of rotatable bonds is 3. The van der Waals surface area contributed by atoms with Crippen molar-refractivity contribution in [3.05, 3.63) is 52.3 Å². The fourth-order valence-electron chi connectivity index (χ4n) is 4.80. The van der Waals surface area contributed by atoms with Crippen LogP contribution in [0.15, 0.2) is 30.5 Å². The van der Waals surface area contributed by atoms with E-state index in [9.17, 15) is 9.90 Å². The van der Waals surface area contributed by atoms with Gasteiger partial charge >= 0.3 is 0 Å². The van der Waals surface area contributed by atoms with Crippen molar-refractivity contribution in [3.8, 4) is 5.75 Å². The molecule has 1 amide bonds. The van der Waals surface area contributed by atoms with E-state index in [0.29, 0.717) is 17.1 Å². The molecule has 2 aromatic heterocycles. The lowest BCUT2D eigenvalue weighted by Gasteiger charge is -2.35. The van der Waals surface area contributed by atoms with E-state index in [1.165, 1.54) is 12.1 Å². The van der Waals surface area contributed by atoms with Gasteiger partial charge in [0.25, 0.3) is 5.91 Å². The minimum atomic E-state index is -0.191. The van der Waals surface area contributed by atoms with E-state index >= 15 is 0 Å². The van der Waals surface area contributed by atoms with Gasteiger partial charge in [-0.25, -0.2) is 9.50 Å². The molecule has 9 heteroatoms. The number of benzene rings is 1. The van der Waals surface area contributed by atoms with Crippen molar-refractivity contribution in [3.63, 3.8) is 0 Å². The van der Waals surface area contributed by atoms with E-state index in [1.807, 2.05) is 24.1 Å². The lowest BCUT2D eigenvalue weighted by atomic mass is 9.98. The Kier molecular flexibility index (Phi) is 5.43. The van der Waals surface area contributed by atoms with Crippen molar-refractivity contribution in [2.24, 2.45) is 5.73 Å². The molecule has 2 aliphatic rings. The number of piperidine rings is 1. The third-order valence-electron chi connectivity index (χ3n) is 6.43. The van der Waals surface area contributed by atoms with Crippen LogP contribution in [-0.4, -0.2) is 56.2 Å². The zero-order valence-corrected chi connectivity index (χ0v) is 18.8. The van der Waals surface area contributed by atoms with Crippen LogP contribution in [0.5, 0.6) is 5.75 Å². The number of halogens is 1. The normalized spacial score (nSPS) is 21.5. The van der Waals surface area contributed by atoms with Crippen LogP contribution < -0.4 is 10.6 Å². The molecule has 0 unspecified atom stereocenters. The first-order valence-corrected chi connectivity index (χ1v) is 11.5. The molecule has 2 fully saturated rings. The number of aryl methyl sites for hydroxylation is 1. The van der Waals surface area contributed by atoms with Gasteiger partial charge in [0.05, 0.1) is 22.3 Å². The highest BCUT2D eigenvalue weighted by molar-refractivity contribution is 6.33. The number of nitrogens with zero attached hydrogens (tertiary/aromatic N) is 5. The Bertz CT molecular complexity index is 1180. The van der Waals surface area contributed by atoms with Crippen LogP contribution in [0.25, 0.3) is 5.65 Å². The Balaban J connectivity index is 1.48. The Morgan fingerprint density at radius 3 is 2.84 bits per heavy atom. The van der Waals surface area contributed by atoms with Crippen molar-refractivity contribution < 1.29 is 9.90 Å². The molecule has 3 aromatic rings. The van der Waals surface area contributed by atoms with Crippen LogP contribution in [0.1, 0.15) is 53.3 Å². The number of fused-ring (bicyclic) bond motifs is 1. The monoisotopic (exact) mass is 454 g/mol. The standard InChI is InChI=1S/C23H27ClN6O2/c1-14-12-30-21(26-22(14)28-9-7-15(25)13-28)11-19(27-30)20-4-2-3-8-29(20)23(32)17-10-16(31)5-6-18(17)24/h5-6,10-12,15,20,31H,2-4,7-9,13,25H2,1H3/t15-,20-/m0/s1. The number of hydrogen-bond acceptors (Lipinski definition) is 6. The van der Waals surface area contributed by atoms with E-state index < -0.39 is 0 Å². The second kappa shape index (κ2) is 8.26. The molecule has 3 N–H and O–H groups in total. The Hall–Kier alpha value is -2.84. The van der Waals surface area contributed by atoms with Gasteiger partial charge in [-0.05, 0) is 50.8 Å². The summed E-state index contributed by atoms with van der Waals surface area (Å²) in [6, 6.07) is 6.44. The molecule has 2 aliphatic heterocycles. The molecular formula is C23H27ClN6O2. The summed E-state index contributed by atoms with van der Waals surface area (Å²) in [7, 11) is 0. The van der Waals surface area contributed by atoms with Crippen LogP contribution in [-0.2, 0) is 0 Å². The number of carbonyl (C=O) groups excluding carboxylic acids is 1. The Labute approximate surface area is 191 Å². The third-order valence-corrected chi connectivity index (χ3v) is 6.76. The van der Waals surface area contributed by atoms with Crippen LogP contribution in [0.3, 0.4) is 0 Å². The maximum Gasteiger partial charge on any atom is 0.256 e. The van der Waals surface area contributed by atoms with Crippen LogP contribution >= 0.6 is 11.6 Å². The summed E-state index contributed by atoms with van der Waals surface area (Å²) in [5.74, 6) is 0.774. The number of aromatic hydroxyl groups is 1. The maximum absolute atomic E-state index is 13.3. The quantitative estimate of drug-likeness (QED) is 0.629. The topological polar surface area (TPSA) is 100.0 Å². The van der Waals surface area contributed by atoms with Crippen LogP contribution in [0.2, 0.25) is 5.02 Å². The summed E-state index contributed by atoms with van der Waals surface area (Å²) >= 11 is 6.27. The first-order chi connectivity index (χ1) is 15.4. The van der Waals surface area contributed by atoms with E-state index in [1.54, 1.807) is 10.6 Å². The average Bonchev–Trinajstić information content (AvgIpc) is 3.40. The van der Waals surface area contributed by atoms with Gasteiger partial charge in [0.2, 0.25) is 0 Å². The molecule has 0 radical (unpaired) electrons. The average molecular weight is 455 g/mol. The lowest BCUT2D eigenvalue weighted by molar-refractivity contribution is 0.0605. The summed E-state index contributed by atoms with van der Waals surface area (Å²) in [6.07, 6.45) is 5.71. The minimum Gasteiger partial charge on any atom is -0.508 e. The predicted octanol–water partition coefficient (Wildman–Crippen LogP) is 3.30. The summed E-state index contributed by atoms with van der Waals surface area (Å²) in [5, 5.41) is 15.0. The summed E-state index contributed by atoms with van der Waals surface area (Å²) in [5.41, 5.74) is 9.02. The molecule has 4 heterocycles. The molecule has 5 rings (SSSR count). The minimum absolute atomic E-state index is 0.0212. The molecular weight excluding hydrogens is 428 g/mol. The lowest BCUT2D eigenvalue weighted by Crippen LogP contribution is -2.38. The van der Waals surface area contributed by atoms with Crippen molar-refractivity contribution in [1.82, 2.24) is 19.5 Å². The maximum atomic E-state index is 13.3. The molecule has 0 aliphatic carbocycles. The summed E-state index contributed by atoms with van der Waals surface area (Å²) < 4.78 is 1.79. The number of phenolic OH excluding ortho intramolecular Hbond substituents is 1. The highest BCUT2D eigenvalue weighted by Gasteiger charge is 2.32. The van der Waals surface area contributed by atoms with Crippen LogP contribution in [0, 0.1) is 6.92 Å². The third kappa shape index (κ3) is 3.78. The number of likely N-dealkylation sites (tertiary alicyclic amines) is 1. The number of aromatic nitrogens is 3.